The molecule has 0 saturated heterocycles. The molecule has 1 atom stereocenters. The van der Waals surface area contributed by atoms with Crippen molar-refractivity contribution >= 4 is 5.91 Å². The third-order valence-corrected chi connectivity index (χ3v) is 4.22. The summed E-state index contributed by atoms with van der Waals surface area (Å²) in [4.78, 5) is 14.4. The van der Waals surface area contributed by atoms with Gasteiger partial charge >= 0.3 is 0 Å². The highest BCUT2D eigenvalue weighted by Gasteiger charge is 2.15. The van der Waals surface area contributed by atoms with E-state index in [2.05, 4.69) is 31.1 Å². The molecule has 0 spiro atoms. The molecule has 0 aromatic heterocycles. The van der Waals surface area contributed by atoms with Gasteiger partial charge in [0.15, 0.2) is 11.5 Å². The lowest BCUT2D eigenvalue weighted by Gasteiger charge is -2.23. The molecule has 6 nitrogen and oxygen atoms in total. The fourth-order valence-corrected chi connectivity index (χ4v) is 2.39. The Kier molecular flexibility index (Phi) is 8.40. The first-order chi connectivity index (χ1) is 11.5. The van der Waals surface area contributed by atoms with Crippen LogP contribution in [0.2, 0.25) is 0 Å². The average molecular weight is 338 g/mol. The highest BCUT2D eigenvalue weighted by Crippen LogP contribution is 2.38. The molecule has 6 heteroatoms. The molecule has 1 rings (SSSR count). The van der Waals surface area contributed by atoms with E-state index in [0.29, 0.717) is 29.8 Å². The molecule has 0 saturated carbocycles. The largest absolute Gasteiger partial charge is 0.493 e. The van der Waals surface area contributed by atoms with Gasteiger partial charge in [-0.15, -0.1) is 0 Å². The van der Waals surface area contributed by atoms with E-state index in [4.69, 9.17) is 14.2 Å². The van der Waals surface area contributed by atoms with Gasteiger partial charge in [-0.25, -0.2) is 0 Å². The zero-order valence-corrected chi connectivity index (χ0v) is 15.6. The molecule has 0 aliphatic rings. The second-order valence-electron chi connectivity index (χ2n) is 5.80. The van der Waals surface area contributed by atoms with Gasteiger partial charge in [0.1, 0.15) is 0 Å². The van der Waals surface area contributed by atoms with Crippen LogP contribution in [-0.4, -0.2) is 58.3 Å². The maximum Gasteiger partial charge on any atom is 0.224 e. The molecule has 0 bridgehead atoms. The van der Waals surface area contributed by atoms with Crippen LogP contribution >= 0.6 is 0 Å². The second kappa shape index (κ2) is 10.0. The van der Waals surface area contributed by atoms with Crippen molar-refractivity contribution in [3.63, 3.8) is 0 Å². The molecule has 1 aromatic carbocycles. The minimum Gasteiger partial charge on any atom is -0.493 e. The Balaban J connectivity index is 2.64. The van der Waals surface area contributed by atoms with Gasteiger partial charge in [-0.3, -0.25) is 4.79 Å². The van der Waals surface area contributed by atoms with E-state index in [1.165, 1.54) is 0 Å². The first-order valence-corrected chi connectivity index (χ1v) is 8.22. The third kappa shape index (κ3) is 5.60. The number of benzene rings is 1. The second-order valence-corrected chi connectivity index (χ2v) is 5.80. The Morgan fingerprint density at radius 3 is 2.21 bits per heavy atom. The maximum atomic E-state index is 12.1. The first-order valence-electron chi connectivity index (χ1n) is 8.22. The van der Waals surface area contributed by atoms with E-state index in [-0.39, 0.29) is 12.3 Å². The quantitative estimate of drug-likeness (QED) is 0.708. The molecule has 0 aliphatic carbocycles. The van der Waals surface area contributed by atoms with E-state index >= 15 is 0 Å². The molecular weight excluding hydrogens is 308 g/mol. The van der Waals surface area contributed by atoms with Crippen LogP contribution in [-0.2, 0) is 11.2 Å². The van der Waals surface area contributed by atoms with Crippen LogP contribution in [0.25, 0.3) is 0 Å². The van der Waals surface area contributed by atoms with Crippen LogP contribution in [0.4, 0.5) is 0 Å². The molecule has 136 valence electrons. The van der Waals surface area contributed by atoms with Gasteiger partial charge in [0, 0.05) is 19.1 Å². The summed E-state index contributed by atoms with van der Waals surface area (Å²) in [7, 11) is 6.75. The van der Waals surface area contributed by atoms with E-state index in [1.807, 2.05) is 0 Å². The molecule has 1 unspecified atom stereocenters. The number of ether oxygens (including phenoxy) is 3. The van der Waals surface area contributed by atoms with Crippen molar-refractivity contribution in [3.8, 4) is 17.2 Å². The minimum absolute atomic E-state index is 0.0261. The van der Waals surface area contributed by atoms with E-state index < -0.39 is 0 Å². The van der Waals surface area contributed by atoms with Crippen molar-refractivity contribution in [3.05, 3.63) is 17.7 Å². The summed E-state index contributed by atoms with van der Waals surface area (Å²) in [6.45, 7) is 5.79. The van der Waals surface area contributed by atoms with Gasteiger partial charge in [-0.05, 0) is 38.1 Å². The predicted octanol–water partition coefficient (Wildman–Crippen LogP) is 2.10. The van der Waals surface area contributed by atoms with Crippen LogP contribution in [0.1, 0.15) is 25.8 Å². The summed E-state index contributed by atoms with van der Waals surface area (Å²) in [6, 6.07) is 4.11. The number of hydrogen-bond acceptors (Lipinski definition) is 5. The molecule has 0 radical (unpaired) electrons. The number of carbonyl (C=O) groups excluding carboxylic acids is 1. The highest BCUT2D eigenvalue weighted by atomic mass is 16.5. The number of methoxy groups -OCH3 is 3. The molecule has 1 aromatic rings. The predicted molar refractivity (Wildman–Crippen MR) is 95.2 cm³/mol. The lowest BCUT2D eigenvalue weighted by molar-refractivity contribution is -0.120. The van der Waals surface area contributed by atoms with Gasteiger partial charge in [0.25, 0.3) is 0 Å². The Labute approximate surface area is 145 Å². The van der Waals surface area contributed by atoms with Crippen LogP contribution in [0.5, 0.6) is 17.2 Å². The van der Waals surface area contributed by atoms with Crippen LogP contribution < -0.4 is 19.5 Å². The maximum absolute atomic E-state index is 12.1. The Morgan fingerprint density at radius 2 is 1.75 bits per heavy atom. The number of amides is 1. The lowest BCUT2D eigenvalue weighted by atomic mass is 10.1. The molecule has 1 amide bonds. The number of nitrogens with zero attached hydrogens (tertiary/aromatic N) is 1. The summed E-state index contributed by atoms with van der Waals surface area (Å²) < 4.78 is 15.9. The number of nitrogens with one attached hydrogen (secondary N) is 1. The smallest absolute Gasteiger partial charge is 0.224 e. The van der Waals surface area contributed by atoms with Crippen molar-refractivity contribution in [1.29, 1.82) is 0 Å². The molecule has 0 aliphatic heterocycles. The van der Waals surface area contributed by atoms with E-state index in [9.17, 15) is 4.79 Å². The SMILES string of the molecule is CCC(C)N(C)CCNC(=O)Cc1cc(OC)c(OC)c(OC)c1. The Hall–Kier alpha value is -1.95. The lowest BCUT2D eigenvalue weighted by Crippen LogP contribution is -2.37. The highest BCUT2D eigenvalue weighted by molar-refractivity contribution is 5.79. The topological polar surface area (TPSA) is 60.0 Å². The number of hydrogen-bond donors (Lipinski definition) is 1. The Bertz CT molecular complexity index is 509. The molecular formula is C18H30N2O4. The van der Waals surface area contributed by atoms with Crippen LogP contribution in [0, 0.1) is 0 Å². The van der Waals surface area contributed by atoms with Gasteiger partial charge < -0.3 is 24.4 Å². The minimum atomic E-state index is -0.0261. The third-order valence-electron chi connectivity index (χ3n) is 4.22. The number of likely N-dealkylation sites (N-methyl/N-ethyl adjacent to an activating group) is 1. The zero-order chi connectivity index (χ0) is 18.1. The fraction of sp³-hybridized carbons (Fsp3) is 0.611. The van der Waals surface area contributed by atoms with Crippen LogP contribution in [0.15, 0.2) is 12.1 Å². The summed E-state index contributed by atoms with van der Waals surface area (Å²) in [5.41, 5.74) is 0.817. The normalized spacial score (nSPS) is 12.0. The van der Waals surface area contributed by atoms with E-state index in [0.717, 1.165) is 18.5 Å². The number of rotatable bonds is 10. The van der Waals surface area contributed by atoms with Crippen molar-refractivity contribution in [2.45, 2.75) is 32.7 Å². The Morgan fingerprint density at radius 1 is 1.17 bits per heavy atom. The summed E-state index contributed by atoms with van der Waals surface area (Å²) in [5.74, 6) is 1.61. The van der Waals surface area contributed by atoms with Crippen molar-refractivity contribution in [1.82, 2.24) is 10.2 Å². The summed E-state index contributed by atoms with van der Waals surface area (Å²) in [5, 5.41) is 2.95. The van der Waals surface area contributed by atoms with Crippen molar-refractivity contribution in [2.75, 3.05) is 41.5 Å². The monoisotopic (exact) mass is 338 g/mol. The molecule has 0 heterocycles. The van der Waals surface area contributed by atoms with Gasteiger partial charge in [0.05, 0.1) is 27.8 Å². The van der Waals surface area contributed by atoms with Crippen molar-refractivity contribution < 1.29 is 19.0 Å². The average Bonchev–Trinajstić information content (AvgIpc) is 2.59. The standard InChI is InChI=1S/C18H30N2O4/c1-7-13(2)20(3)9-8-19-17(21)12-14-10-15(22-4)18(24-6)16(11-14)23-5/h10-11,13H,7-9,12H2,1-6H3,(H,19,21). The van der Waals surface area contributed by atoms with Gasteiger partial charge in [0.2, 0.25) is 11.7 Å². The summed E-state index contributed by atoms with van der Waals surface area (Å²) >= 11 is 0. The van der Waals surface area contributed by atoms with Crippen LogP contribution in [0.3, 0.4) is 0 Å². The summed E-state index contributed by atoms with van der Waals surface area (Å²) in [6.07, 6.45) is 1.36. The fourth-order valence-electron chi connectivity index (χ4n) is 2.39. The molecule has 24 heavy (non-hydrogen) atoms. The van der Waals surface area contributed by atoms with Gasteiger partial charge in [-0.2, -0.15) is 0 Å². The van der Waals surface area contributed by atoms with Gasteiger partial charge in [-0.1, -0.05) is 6.92 Å². The zero-order valence-electron chi connectivity index (χ0n) is 15.6. The molecule has 1 N–H and O–H groups in total. The van der Waals surface area contributed by atoms with Crippen molar-refractivity contribution in [2.24, 2.45) is 0 Å². The number of carbonyl (C=O) groups is 1. The molecule has 0 fully saturated rings. The first kappa shape index (κ1) is 20.1. The van der Waals surface area contributed by atoms with E-state index in [1.54, 1.807) is 33.5 Å².